The molecular formula is C35H37F3N4OS. The molecule has 4 aromatic rings. The minimum absolute atomic E-state index is 0.0958. The maximum absolute atomic E-state index is 13.3. The van der Waals surface area contributed by atoms with Crippen molar-refractivity contribution in [1.82, 2.24) is 14.8 Å². The van der Waals surface area contributed by atoms with E-state index < -0.39 is 11.7 Å². The van der Waals surface area contributed by atoms with Crippen LogP contribution in [0.4, 0.5) is 18.9 Å². The third kappa shape index (κ3) is 7.16. The second-order valence-electron chi connectivity index (χ2n) is 11.7. The number of likely N-dealkylation sites (tertiary alicyclic amines) is 1. The quantitative estimate of drug-likeness (QED) is 0.205. The van der Waals surface area contributed by atoms with Crippen LogP contribution in [0.2, 0.25) is 0 Å². The lowest BCUT2D eigenvalue weighted by molar-refractivity contribution is -0.137. The van der Waals surface area contributed by atoms with E-state index in [2.05, 4.69) is 65.6 Å². The normalized spacial score (nSPS) is 16.9. The number of alkyl halides is 3. The van der Waals surface area contributed by atoms with Crippen molar-refractivity contribution in [2.75, 3.05) is 50.7 Å². The number of piperidine rings is 1. The molecule has 2 fully saturated rings. The average Bonchev–Trinajstić information content (AvgIpc) is 3.56. The number of anilines is 1. The molecule has 0 N–H and O–H groups in total. The lowest BCUT2D eigenvalue weighted by atomic mass is 9.88. The number of aromatic nitrogens is 1. The molecule has 6 rings (SSSR count). The molecule has 0 saturated carbocycles. The van der Waals surface area contributed by atoms with Crippen LogP contribution in [0.1, 0.15) is 63.3 Å². The maximum atomic E-state index is 13.3. The van der Waals surface area contributed by atoms with Gasteiger partial charge in [0.15, 0.2) is 0 Å². The van der Waals surface area contributed by atoms with Gasteiger partial charge in [0, 0.05) is 49.1 Å². The van der Waals surface area contributed by atoms with Gasteiger partial charge >= 0.3 is 6.18 Å². The zero-order chi connectivity index (χ0) is 30.5. The smallest absolute Gasteiger partial charge is 0.368 e. The van der Waals surface area contributed by atoms with Crippen molar-refractivity contribution in [3.05, 3.63) is 118 Å². The predicted octanol–water partition coefficient (Wildman–Crippen LogP) is 7.53. The van der Waals surface area contributed by atoms with Gasteiger partial charge in [0.25, 0.3) is 5.91 Å². The molecule has 0 atom stereocenters. The van der Waals surface area contributed by atoms with Crippen molar-refractivity contribution in [2.24, 2.45) is 0 Å². The third-order valence-corrected chi connectivity index (χ3v) is 9.93. The number of rotatable bonds is 8. The van der Waals surface area contributed by atoms with Crippen LogP contribution in [0.15, 0.2) is 90.3 Å². The van der Waals surface area contributed by atoms with Gasteiger partial charge in [-0.05, 0) is 68.2 Å². The Morgan fingerprint density at radius 2 is 1.48 bits per heavy atom. The van der Waals surface area contributed by atoms with Crippen molar-refractivity contribution in [3.63, 3.8) is 0 Å². The molecule has 0 unspecified atom stereocenters. The fraction of sp³-hybridized carbons (Fsp3) is 0.371. The molecule has 3 heterocycles. The second-order valence-corrected chi connectivity index (χ2v) is 12.6. The Bertz CT molecular complexity index is 1470. The first-order valence-corrected chi connectivity index (χ1v) is 16.2. The van der Waals surface area contributed by atoms with Crippen LogP contribution in [-0.4, -0.2) is 66.5 Å². The zero-order valence-corrected chi connectivity index (χ0v) is 25.4. The maximum Gasteiger partial charge on any atom is 0.416 e. The van der Waals surface area contributed by atoms with E-state index in [0.29, 0.717) is 49.4 Å². The number of carbonyl (C=O) groups is 1. The highest BCUT2D eigenvalue weighted by Crippen LogP contribution is 2.34. The second kappa shape index (κ2) is 13.5. The molecule has 2 saturated heterocycles. The molecule has 2 aliphatic heterocycles. The number of hydrogen-bond acceptors (Lipinski definition) is 5. The monoisotopic (exact) mass is 618 g/mol. The van der Waals surface area contributed by atoms with Gasteiger partial charge in [-0.2, -0.15) is 13.2 Å². The van der Waals surface area contributed by atoms with Crippen LogP contribution in [0.25, 0.3) is 0 Å². The largest absolute Gasteiger partial charge is 0.416 e. The lowest BCUT2D eigenvalue weighted by Crippen LogP contribution is -2.49. The summed E-state index contributed by atoms with van der Waals surface area (Å²) in [7, 11) is 0. The Morgan fingerprint density at radius 1 is 0.841 bits per heavy atom. The van der Waals surface area contributed by atoms with Crippen molar-refractivity contribution in [3.8, 4) is 0 Å². The van der Waals surface area contributed by atoms with Crippen molar-refractivity contribution >= 4 is 22.9 Å². The van der Waals surface area contributed by atoms with Crippen LogP contribution < -0.4 is 4.90 Å². The van der Waals surface area contributed by atoms with Crippen LogP contribution >= 0.6 is 11.3 Å². The first-order valence-electron chi connectivity index (χ1n) is 15.3. The summed E-state index contributed by atoms with van der Waals surface area (Å²) < 4.78 is 39.4. The van der Waals surface area contributed by atoms with Gasteiger partial charge in [-0.1, -0.05) is 66.7 Å². The summed E-state index contributed by atoms with van der Waals surface area (Å²) in [6.07, 6.45) is -1.26. The summed E-state index contributed by atoms with van der Waals surface area (Å²) in [5.41, 5.74) is 3.06. The van der Waals surface area contributed by atoms with E-state index >= 15 is 0 Å². The van der Waals surface area contributed by atoms with Gasteiger partial charge in [0.1, 0.15) is 5.69 Å². The van der Waals surface area contributed by atoms with Crippen molar-refractivity contribution in [2.45, 2.75) is 37.3 Å². The van der Waals surface area contributed by atoms with Gasteiger partial charge in [0.05, 0.1) is 10.6 Å². The highest BCUT2D eigenvalue weighted by Gasteiger charge is 2.32. The number of carbonyl (C=O) groups excluding carboxylic acids is 1. The van der Waals surface area contributed by atoms with Crippen LogP contribution in [0, 0.1) is 0 Å². The summed E-state index contributed by atoms with van der Waals surface area (Å²) in [5, 5.41) is 2.90. The molecular weight excluding hydrogens is 581 g/mol. The Kier molecular flexibility index (Phi) is 9.33. The molecule has 9 heteroatoms. The van der Waals surface area contributed by atoms with Gasteiger partial charge in [-0.3, -0.25) is 4.79 Å². The van der Waals surface area contributed by atoms with E-state index in [0.717, 1.165) is 50.0 Å². The summed E-state index contributed by atoms with van der Waals surface area (Å²) in [6, 6.07) is 26.9. The van der Waals surface area contributed by atoms with E-state index in [1.165, 1.54) is 23.3 Å². The SMILES string of the molecule is O=C(c1csc(C2CCN(CCC(c3ccccc3)c3ccccc3)CC2)n1)N1CCN(c2cccc(C(F)(F)F)c2)CC1. The van der Waals surface area contributed by atoms with E-state index in [1.54, 1.807) is 22.3 Å². The fourth-order valence-corrected chi connectivity index (χ4v) is 7.36. The van der Waals surface area contributed by atoms with Gasteiger partial charge in [0.2, 0.25) is 0 Å². The fourth-order valence-electron chi connectivity index (χ4n) is 6.39. The Balaban J connectivity index is 0.995. The van der Waals surface area contributed by atoms with Gasteiger partial charge < -0.3 is 14.7 Å². The average molecular weight is 619 g/mol. The van der Waals surface area contributed by atoms with Crippen LogP contribution in [0.3, 0.4) is 0 Å². The van der Waals surface area contributed by atoms with Crippen molar-refractivity contribution in [1.29, 1.82) is 0 Å². The first kappa shape index (κ1) is 30.3. The molecule has 3 aromatic carbocycles. The highest BCUT2D eigenvalue weighted by molar-refractivity contribution is 7.09. The molecule has 0 bridgehead atoms. The van der Waals surface area contributed by atoms with Gasteiger partial charge in [-0.15, -0.1) is 11.3 Å². The molecule has 2 aliphatic rings. The number of amides is 1. The number of thiazole rings is 1. The van der Waals surface area contributed by atoms with Crippen molar-refractivity contribution < 1.29 is 18.0 Å². The molecule has 1 amide bonds. The lowest BCUT2D eigenvalue weighted by Gasteiger charge is -2.36. The van der Waals surface area contributed by atoms with Gasteiger partial charge in [-0.25, -0.2) is 4.98 Å². The molecule has 0 spiro atoms. The summed E-state index contributed by atoms with van der Waals surface area (Å²) in [6.45, 7) is 4.94. The number of piperazine rings is 1. The summed E-state index contributed by atoms with van der Waals surface area (Å²) in [4.78, 5) is 24.3. The Morgan fingerprint density at radius 3 is 2.09 bits per heavy atom. The first-order chi connectivity index (χ1) is 21.3. The molecule has 5 nitrogen and oxygen atoms in total. The Hall–Kier alpha value is -3.69. The van der Waals surface area contributed by atoms with E-state index in [1.807, 2.05) is 10.3 Å². The molecule has 230 valence electrons. The highest BCUT2D eigenvalue weighted by atomic mass is 32.1. The molecule has 1 aromatic heterocycles. The Labute approximate surface area is 260 Å². The topological polar surface area (TPSA) is 39.7 Å². The summed E-state index contributed by atoms with van der Waals surface area (Å²) in [5.74, 6) is 0.630. The predicted molar refractivity (Wildman–Crippen MR) is 169 cm³/mol. The molecule has 0 radical (unpaired) electrons. The van der Waals surface area contributed by atoms with E-state index in [-0.39, 0.29) is 5.91 Å². The van der Waals surface area contributed by atoms with Crippen LogP contribution in [-0.2, 0) is 6.18 Å². The van der Waals surface area contributed by atoms with E-state index in [9.17, 15) is 18.0 Å². The number of nitrogens with zero attached hydrogens (tertiary/aromatic N) is 4. The number of hydrogen-bond donors (Lipinski definition) is 0. The van der Waals surface area contributed by atoms with Crippen LogP contribution in [0.5, 0.6) is 0 Å². The number of halogens is 3. The van der Waals surface area contributed by atoms with E-state index in [4.69, 9.17) is 4.98 Å². The molecule has 44 heavy (non-hydrogen) atoms. The number of benzene rings is 3. The zero-order valence-electron chi connectivity index (χ0n) is 24.6. The minimum Gasteiger partial charge on any atom is -0.368 e. The standard InChI is InChI=1S/C35H37F3N4OS/c36-35(37,38)29-12-7-13-30(24-29)41-20-22-42(23-21-41)34(43)32-25-44-33(39-32)28-14-17-40(18-15-28)19-16-31(26-8-3-1-4-9-26)27-10-5-2-6-11-27/h1-13,24-25,28,31H,14-23H2. The third-order valence-electron chi connectivity index (χ3n) is 8.92. The molecule has 0 aliphatic carbocycles. The minimum atomic E-state index is -4.37. The summed E-state index contributed by atoms with van der Waals surface area (Å²) >= 11 is 1.57.